The molecule has 128 valence electrons. The van der Waals surface area contributed by atoms with E-state index in [4.69, 9.17) is 4.74 Å². The molecule has 0 amide bonds. The standard InChI is InChI=1S/C17H21FN4O2/c18-12-3-4-15-14(6-12)16(21-11-20-15)19-8-17(9-23)10-24-7-13-2-1-5-22(13)17/h3-4,6,11,13,23H,1-2,5,7-10H2,(H,19,20,21)/t13-,17+/m0/s1. The Morgan fingerprint density at radius 3 is 3.21 bits per heavy atom. The molecule has 0 radical (unpaired) electrons. The van der Waals surface area contributed by atoms with E-state index in [2.05, 4.69) is 20.2 Å². The number of rotatable bonds is 4. The molecule has 6 nitrogen and oxygen atoms in total. The van der Waals surface area contributed by atoms with Crippen LogP contribution in [-0.2, 0) is 4.74 Å². The van der Waals surface area contributed by atoms with Gasteiger partial charge in [-0.05, 0) is 37.6 Å². The predicted molar refractivity (Wildman–Crippen MR) is 88.3 cm³/mol. The largest absolute Gasteiger partial charge is 0.394 e. The molecule has 2 N–H and O–H groups in total. The van der Waals surface area contributed by atoms with Gasteiger partial charge in [0.25, 0.3) is 0 Å². The highest BCUT2D eigenvalue weighted by Gasteiger charge is 2.45. The minimum Gasteiger partial charge on any atom is -0.394 e. The quantitative estimate of drug-likeness (QED) is 0.882. The van der Waals surface area contributed by atoms with Crippen LogP contribution in [0, 0.1) is 5.82 Å². The maximum Gasteiger partial charge on any atom is 0.137 e. The van der Waals surface area contributed by atoms with Crippen LogP contribution in [0.15, 0.2) is 24.5 Å². The fourth-order valence-electron chi connectivity index (χ4n) is 3.86. The second-order valence-corrected chi connectivity index (χ2v) is 6.62. The number of aliphatic hydroxyl groups is 1. The van der Waals surface area contributed by atoms with Crippen molar-refractivity contribution in [3.63, 3.8) is 0 Å². The number of aromatic nitrogens is 2. The molecule has 24 heavy (non-hydrogen) atoms. The number of morpholine rings is 1. The lowest BCUT2D eigenvalue weighted by Crippen LogP contribution is -2.64. The van der Waals surface area contributed by atoms with Crippen molar-refractivity contribution in [2.45, 2.75) is 24.4 Å². The lowest BCUT2D eigenvalue weighted by molar-refractivity contribution is -0.101. The zero-order valence-corrected chi connectivity index (χ0v) is 13.4. The van der Waals surface area contributed by atoms with Crippen LogP contribution in [0.3, 0.4) is 0 Å². The molecule has 0 bridgehead atoms. The van der Waals surface area contributed by atoms with Crippen LogP contribution >= 0.6 is 0 Å². The van der Waals surface area contributed by atoms with Crippen molar-refractivity contribution in [3.8, 4) is 0 Å². The van der Waals surface area contributed by atoms with Gasteiger partial charge in [-0.25, -0.2) is 14.4 Å². The number of nitrogens with zero attached hydrogens (tertiary/aromatic N) is 3. The number of fused-ring (bicyclic) bond motifs is 2. The van der Waals surface area contributed by atoms with E-state index in [1.807, 2.05) is 0 Å². The van der Waals surface area contributed by atoms with E-state index < -0.39 is 5.54 Å². The highest BCUT2D eigenvalue weighted by Crippen LogP contribution is 2.32. The van der Waals surface area contributed by atoms with Gasteiger partial charge in [-0.1, -0.05) is 0 Å². The van der Waals surface area contributed by atoms with Crippen LogP contribution in [-0.4, -0.2) is 64.5 Å². The van der Waals surface area contributed by atoms with Crippen molar-refractivity contribution in [3.05, 3.63) is 30.3 Å². The lowest BCUT2D eigenvalue weighted by atomic mass is 9.96. The highest BCUT2D eigenvalue weighted by atomic mass is 19.1. The fourth-order valence-corrected chi connectivity index (χ4v) is 3.86. The third-order valence-corrected chi connectivity index (χ3v) is 5.14. The number of ether oxygens (including phenoxy) is 1. The Morgan fingerprint density at radius 2 is 2.33 bits per heavy atom. The number of halogens is 1. The first-order valence-corrected chi connectivity index (χ1v) is 8.31. The average Bonchev–Trinajstić information content (AvgIpc) is 3.09. The van der Waals surface area contributed by atoms with E-state index in [-0.39, 0.29) is 12.4 Å². The van der Waals surface area contributed by atoms with Gasteiger partial charge >= 0.3 is 0 Å². The molecule has 2 saturated heterocycles. The molecule has 4 rings (SSSR count). The Hall–Kier alpha value is -1.83. The summed E-state index contributed by atoms with van der Waals surface area (Å²) in [6, 6.07) is 4.82. The summed E-state index contributed by atoms with van der Waals surface area (Å²) in [4.78, 5) is 10.8. The minimum atomic E-state index is -0.468. The molecule has 1 aromatic carbocycles. The molecule has 2 atom stereocenters. The third kappa shape index (κ3) is 2.62. The molecule has 0 saturated carbocycles. The van der Waals surface area contributed by atoms with Crippen molar-refractivity contribution < 1.29 is 14.2 Å². The van der Waals surface area contributed by atoms with E-state index in [0.29, 0.717) is 35.9 Å². The molecule has 2 fully saturated rings. The van der Waals surface area contributed by atoms with Crippen LogP contribution < -0.4 is 5.32 Å². The maximum atomic E-state index is 13.6. The average molecular weight is 332 g/mol. The number of aliphatic hydroxyl groups excluding tert-OH is 1. The minimum absolute atomic E-state index is 0.00781. The molecule has 0 unspecified atom stereocenters. The number of hydrogen-bond acceptors (Lipinski definition) is 6. The van der Waals surface area contributed by atoms with Gasteiger partial charge < -0.3 is 15.2 Å². The van der Waals surface area contributed by atoms with Crippen molar-refractivity contribution in [1.82, 2.24) is 14.9 Å². The molecule has 0 spiro atoms. The van der Waals surface area contributed by atoms with Gasteiger partial charge in [0.1, 0.15) is 18.0 Å². The summed E-state index contributed by atoms with van der Waals surface area (Å²) >= 11 is 0. The number of hydrogen-bond donors (Lipinski definition) is 2. The van der Waals surface area contributed by atoms with E-state index in [0.717, 1.165) is 26.0 Å². The smallest absolute Gasteiger partial charge is 0.137 e. The molecule has 2 aliphatic heterocycles. The summed E-state index contributed by atoms with van der Waals surface area (Å²) in [6.07, 6.45) is 3.69. The van der Waals surface area contributed by atoms with Crippen molar-refractivity contribution in [2.75, 3.05) is 38.2 Å². The Bertz CT molecular complexity index is 744. The van der Waals surface area contributed by atoms with Crippen LogP contribution in [0.25, 0.3) is 10.9 Å². The van der Waals surface area contributed by atoms with Crippen molar-refractivity contribution >= 4 is 16.7 Å². The Labute approximate surface area is 139 Å². The third-order valence-electron chi connectivity index (χ3n) is 5.14. The van der Waals surface area contributed by atoms with E-state index in [1.165, 1.54) is 18.5 Å². The number of nitrogens with one attached hydrogen (secondary N) is 1. The second-order valence-electron chi connectivity index (χ2n) is 6.62. The molecule has 7 heteroatoms. The predicted octanol–water partition coefficient (Wildman–Crippen LogP) is 1.41. The van der Waals surface area contributed by atoms with Gasteiger partial charge in [0, 0.05) is 18.0 Å². The normalized spacial score (nSPS) is 27.3. The van der Waals surface area contributed by atoms with E-state index >= 15 is 0 Å². The molecule has 1 aromatic heterocycles. The van der Waals surface area contributed by atoms with Gasteiger partial charge in [0.05, 0.1) is 30.9 Å². The first-order chi connectivity index (χ1) is 11.7. The highest BCUT2D eigenvalue weighted by molar-refractivity contribution is 5.88. The van der Waals surface area contributed by atoms with Crippen LogP contribution in [0.4, 0.5) is 10.2 Å². The molecule has 2 aliphatic rings. The monoisotopic (exact) mass is 332 g/mol. The number of benzene rings is 1. The molecule has 3 heterocycles. The lowest BCUT2D eigenvalue weighted by Gasteiger charge is -2.47. The van der Waals surface area contributed by atoms with E-state index in [9.17, 15) is 9.50 Å². The molecular weight excluding hydrogens is 311 g/mol. The number of anilines is 1. The van der Waals surface area contributed by atoms with Gasteiger partial charge in [-0.3, -0.25) is 4.90 Å². The molecule has 2 aromatic rings. The molecular formula is C17H21FN4O2. The second kappa shape index (κ2) is 6.23. The Balaban J connectivity index is 1.60. The van der Waals surface area contributed by atoms with Gasteiger partial charge in [-0.15, -0.1) is 0 Å². The van der Waals surface area contributed by atoms with Crippen LogP contribution in [0.2, 0.25) is 0 Å². The fraction of sp³-hybridized carbons (Fsp3) is 0.529. The van der Waals surface area contributed by atoms with Crippen LogP contribution in [0.1, 0.15) is 12.8 Å². The summed E-state index contributed by atoms with van der Waals surface area (Å²) in [6.45, 7) is 2.67. The topological polar surface area (TPSA) is 70.5 Å². The summed E-state index contributed by atoms with van der Waals surface area (Å²) in [5, 5.41) is 14.0. The van der Waals surface area contributed by atoms with Gasteiger partial charge in [-0.2, -0.15) is 0 Å². The summed E-state index contributed by atoms with van der Waals surface area (Å²) in [5.41, 5.74) is 0.218. The van der Waals surface area contributed by atoms with Crippen molar-refractivity contribution in [2.24, 2.45) is 0 Å². The first kappa shape index (κ1) is 15.7. The first-order valence-electron chi connectivity index (χ1n) is 8.31. The Kier molecular flexibility index (Phi) is 4.07. The molecule has 0 aliphatic carbocycles. The van der Waals surface area contributed by atoms with Crippen molar-refractivity contribution in [1.29, 1.82) is 0 Å². The summed E-state index contributed by atoms with van der Waals surface area (Å²) in [7, 11) is 0. The van der Waals surface area contributed by atoms with E-state index in [1.54, 1.807) is 6.07 Å². The van der Waals surface area contributed by atoms with Crippen LogP contribution in [0.5, 0.6) is 0 Å². The van der Waals surface area contributed by atoms with Gasteiger partial charge in [0.15, 0.2) is 0 Å². The summed E-state index contributed by atoms with van der Waals surface area (Å²) < 4.78 is 19.3. The summed E-state index contributed by atoms with van der Waals surface area (Å²) in [5.74, 6) is 0.256. The SMILES string of the molecule is OC[C@]1(CNc2ncnc3ccc(F)cc23)COC[C@@H]2CCCN21. The zero-order valence-electron chi connectivity index (χ0n) is 13.4. The zero-order chi connectivity index (χ0) is 16.6. The Morgan fingerprint density at radius 1 is 1.42 bits per heavy atom. The van der Waals surface area contributed by atoms with Gasteiger partial charge in [0.2, 0.25) is 0 Å². The maximum absolute atomic E-state index is 13.6.